The molecule has 2 aromatic rings. The zero-order valence-electron chi connectivity index (χ0n) is 12.5. The highest BCUT2D eigenvalue weighted by Gasteiger charge is 2.23. The van der Waals surface area contributed by atoms with E-state index in [1.54, 1.807) is 11.8 Å². The van der Waals surface area contributed by atoms with Gasteiger partial charge in [0.2, 0.25) is 11.8 Å². The third-order valence-corrected chi connectivity index (χ3v) is 4.60. The van der Waals surface area contributed by atoms with Crippen LogP contribution in [0.5, 0.6) is 0 Å². The predicted molar refractivity (Wildman–Crippen MR) is 79.6 cm³/mol. The van der Waals surface area contributed by atoms with Gasteiger partial charge in [-0.15, -0.1) is 10.2 Å². The van der Waals surface area contributed by atoms with Gasteiger partial charge in [0.1, 0.15) is 11.6 Å². The van der Waals surface area contributed by atoms with Gasteiger partial charge in [0.05, 0.1) is 6.54 Å². The van der Waals surface area contributed by atoms with Crippen LogP contribution in [0.25, 0.3) is 0 Å². The molecule has 3 rings (SSSR count). The molecule has 0 spiro atoms. The summed E-state index contributed by atoms with van der Waals surface area (Å²) in [4.78, 5) is 13.2. The highest BCUT2D eigenvalue weighted by molar-refractivity contribution is 7.99. The standard InChI is InChI=1S/C15H15F2N3O2S/c1-9(11-5-4-10(16)7-12(11)17)23-15-19-18-13(22-15)8-20-6-2-3-14(20)21/h4-5,7,9H,2-3,6,8H2,1H3. The minimum atomic E-state index is -0.612. The van der Waals surface area contributed by atoms with Crippen LogP contribution in [0.1, 0.15) is 36.5 Å². The van der Waals surface area contributed by atoms with Crippen molar-refractivity contribution in [2.24, 2.45) is 0 Å². The van der Waals surface area contributed by atoms with Crippen molar-refractivity contribution in [3.05, 3.63) is 41.3 Å². The van der Waals surface area contributed by atoms with Crippen molar-refractivity contribution in [3.8, 4) is 0 Å². The van der Waals surface area contributed by atoms with Crippen LogP contribution in [-0.2, 0) is 11.3 Å². The average Bonchev–Trinajstić information content (AvgIpc) is 3.09. The number of aromatic nitrogens is 2. The van der Waals surface area contributed by atoms with Crippen LogP contribution < -0.4 is 0 Å². The Kier molecular flexibility index (Phi) is 4.61. The summed E-state index contributed by atoms with van der Waals surface area (Å²) >= 11 is 1.19. The molecule has 1 atom stereocenters. The lowest BCUT2D eigenvalue weighted by atomic mass is 10.1. The van der Waals surface area contributed by atoms with Crippen LogP contribution in [0.4, 0.5) is 8.78 Å². The first kappa shape index (κ1) is 15.9. The Morgan fingerprint density at radius 1 is 1.39 bits per heavy atom. The minimum Gasteiger partial charge on any atom is -0.414 e. The van der Waals surface area contributed by atoms with E-state index in [9.17, 15) is 13.6 Å². The second-order valence-corrected chi connectivity index (χ2v) is 6.60. The van der Waals surface area contributed by atoms with Crippen molar-refractivity contribution < 1.29 is 18.0 Å². The molecule has 1 aliphatic rings. The second kappa shape index (κ2) is 6.66. The summed E-state index contributed by atoms with van der Waals surface area (Å²) in [6, 6.07) is 3.47. The van der Waals surface area contributed by atoms with Crippen LogP contribution in [-0.4, -0.2) is 27.5 Å². The number of likely N-dealkylation sites (tertiary alicyclic amines) is 1. The molecule has 0 N–H and O–H groups in total. The van der Waals surface area contributed by atoms with E-state index in [0.29, 0.717) is 36.2 Å². The molecule has 1 aromatic heterocycles. The number of carbonyl (C=O) groups excluding carboxylic acids is 1. The fourth-order valence-corrected chi connectivity index (χ4v) is 3.28. The minimum absolute atomic E-state index is 0.0826. The molecule has 1 fully saturated rings. The number of nitrogens with zero attached hydrogens (tertiary/aromatic N) is 3. The molecule has 0 aliphatic carbocycles. The van der Waals surface area contributed by atoms with Crippen LogP contribution in [0, 0.1) is 11.6 Å². The SMILES string of the molecule is CC(Sc1nnc(CN2CCCC2=O)o1)c1ccc(F)cc1F. The number of hydrogen-bond donors (Lipinski definition) is 0. The Labute approximate surface area is 136 Å². The van der Waals surface area contributed by atoms with E-state index in [-0.39, 0.29) is 11.2 Å². The van der Waals surface area contributed by atoms with E-state index in [4.69, 9.17) is 4.42 Å². The summed E-state index contributed by atoms with van der Waals surface area (Å²) in [5.74, 6) is -0.778. The number of carbonyl (C=O) groups is 1. The fourth-order valence-electron chi connectivity index (χ4n) is 2.43. The van der Waals surface area contributed by atoms with Gasteiger partial charge in [-0.3, -0.25) is 4.79 Å². The summed E-state index contributed by atoms with van der Waals surface area (Å²) in [6.07, 6.45) is 1.39. The number of rotatable bonds is 5. The Morgan fingerprint density at radius 2 is 2.22 bits per heavy atom. The highest BCUT2D eigenvalue weighted by Crippen LogP contribution is 2.35. The Balaban J connectivity index is 1.65. The summed E-state index contributed by atoms with van der Waals surface area (Å²) in [5, 5.41) is 7.81. The van der Waals surface area contributed by atoms with E-state index in [1.807, 2.05) is 0 Å². The molecular formula is C15H15F2N3O2S. The second-order valence-electron chi connectivity index (χ2n) is 5.31. The molecule has 0 saturated carbocycles. The van der Waals surface area contributed by atoms with Gasteiger partial charge in [-0.05, 0) is 19.4 Å². The predicted octanol–water partition coefficient (Wildman–Crippen LogP) is 3.32. The molecule has 1 unspecified atom stereocenters. The van der Waals surface area contributed by atoms with Crippen LogP contribution in [0.15, 0.2) is 27.8 Å². The van der Waals surface area contributed by atoms with Gasteiger partial charge >= 0.3 is 0 Å². The summed E-state index contributed by atoms with van der Waals surface area (Å²) in [5.41, 5.74) is 0.367. The third kappa shape index (κ3) is 3.69. The smallest absolute Gasteiger partial charge is 0.277 e. The van der Waals surface area contributed by atoms with Gasteiger partial charge in [0.15, 0.2) is 0 Å². The van der Waals surface area contributed by atoms with Crippen molar-refractivity contribution in [3.63, 3.8) is 0 Å². The van der Waals surface area contributed by atoms with Crippen molar-refractivity contribution in [1.82, 2.24) is 15.1 Å². The first-order chi connectivity index (χ1) is 11.0. The van der Waals surface area contributed by atoms with Crippen molar-refractivity contribution in [2.45, 2.75) is 36.8 Å². The molecule has 0 bridgehead atoms. The maximum atomic E-state index is 13.8. The maximum Gasteiger partial charge on any atom is 0.277 e. The normalized spacial score (nSPS) is 16.1. The van der Waals surface area contributed by atoms with Crippen LogP contribution >= 0.6 is 11.8 Å². The summed E-state index contributed by atoms with van der Waals surface area (Å²) in [7, 11) is 0. The van der Waals surface area contributed by atoms with Gasteiger partial charge in [0.25, 0.3) is 5.22 Å². The quantitative estimate of drug-likeness (QED) is 0.782. The molecule has 5 nitrogen and oxygen atoms in total. The van der Waals surface area contributed by atoms with Crippen molar-refractivity contribution in [2.75, 3.05) is 6.54 Å². The Bertz CT molecular complexity index is 722. The average molecular weight is 339 g/mol. The lowest BCUT2D eigenvalue weighted by Crippen LogP contribution is -2.23. The largest absolute Gasteiger partial charge is 0.414 e. The van der Waals surface area contributed by atoms with E-state index in [0.717, 1.165) is 12.5 Å². The number of halogens is 2. The molecule has 2 heterocycles. The fraction of sp³-hybridized carbons (Fsp3) is 0.400. The van der Waals surface area contributed by atoms with Gasteiger partial charge in [-0.25, -0.2) is 8.78 Å². The number of benzene rings is 1. The summed E-state index contributed by atoms with van der Waals surface area (Å²) < 4.78 is 32.2. The first-order valence-electron chi connectivity index (χ1n) is 7.24. The van der Waals surface area contributed by atoms with E-state index >= 15 is 0 Å². The summed E-state index contributed by atoms with van der Waals surface area (Å²) in [6.45, 7) is 2.77. The molecule has 1 aromatic carbocycles. The Hall–Kier alpha value is -1.96. The van der Waals surface area contributed by atoms with Gasteiger partial charge < -0.3 is 9.32 Å². The van der Waals surface area contributed by atoms with Crippen LogP contribution in [0.2, 0.25) is 0 Å². The molecule has 1 aliphatic heterocycles. The maximum absolute atomic E-state index is 13.8. The molecule has 8 heteroatoms. The zero-order chi connectivity index (χ0) is 16.4. The zero-order valence-corrected chi connectivity index (χ0v) is 13.3. The highest BCUT2D eigenvalue weighted by atomic mass is 32.2. The molecule has 1 saturated heterocycles. The first-order valence-corrected chi connectivity index (χ1v) is 8.12. The van der Waals surface area contributed by atoms with Crippen molar-refractivity contribution in [1.29, 1.82) is 0 Å². The molecule has 23 heavy (non-hydrogen) atoms. The molecule has 122 valence electrons. The van der Waals surface area contributed by atoms with Gasteiger partial charge in [-0.2, -0.15) is 0 Å². The molecule has 1 amide bonds. The molecule has 0 radical (unpaired) electrons. The number of hydrogen-bond acceptors (Lipinski definition) is 5. The van der Waals surface area contributed by atoms with Crippen LogP contribution in [0.3, 0.4) is 0 Å². The van der Waals surface area contributed by atoms with Gasteiger partial charge in [-0.1, -0.05) is 17.8 Å². The number of thioether (sulfide) groups is 1. The lowest BCUT2D eigenvalue weighted by molar-refractivity contribution is -0.128. The topological polar surface area (TPSA) is 59.2 Å². The third-order valence-electron chi connectivity index (χ3n) is 3.62. The monoisotopic (exact) mass is 339 g/mol. The Morgan fingerprint density at radius 3 is 2.91 bits per heavy atom. The van der Waals surface area contributed by atoms with E-state index in [2.05, 4.69) is 10.2 Å². The lowest BCUT2D eigenvalue weighted by Gasteiger charge is -2.12. The van der Waals surface area contributed by atoms with E-state index < -0.39 is 11.6 Å². The van der Waals surface area contributed by atoms with Gasteiger partial charge in [0, 0.05) is 29.8 Å². The van der Waals surface area contributed by atoms with Crippen molar-refractivity contribution >= 4 is 17.7 Å². The number of amides is 1. The molecular weight excluding hydrogens is 324 g/mol. The van der Waals surface area contributed by atoms with E-state index in [1.165, 1.54) is 23.9 Å².